The third-order valence-electron chi connectivity index (χ3n) is 6.02. The van der Waals surface area contributed by atoms with Gasteiger partial charge in [0, 0.05) is 5.56 Å². The maximum atomic E-state index is 13.7. The molecule has 1 unspecified atom stereocenters. The first kappa shape index (κ1) is 20.6. The number of para-hydroxylation sites is 2. The molecule has 1 fully saturated rings. The molecule has 1 aliphatic rings. The normalized spacial score (nSPS) is 17.8. The minimum absolute atomic E-state index is 0.0738. The van der Waals surface area contributed by atoms with Crippen molar-refractivity contribution in [2.45, 2.75) is 19.9 Å². The number of H-pyrrole nitrogens is 1. The van der Waals surface area contributed by atoms with E-state index in [4.69, 9.17) is 0 Å². The molecule has 33 heavy (non-hydrogen) atoms. The smallest absolute Gasteiger partial charge is 0.302 e. The van der Waals surface area contributed by atoms with Crippen LogP contribution < -0.4 is 4.90 Å². The van der Waals surface area contributed by atoms with Crippen LogP contribution in [0.1, 0.15) is 28.3 Å². The number of fused-ring (bicyclic) bond motifs is 1. The number of halogens is 1. The van der Waals surface area contributed by atoms with Crippen molar-refractivity contribution in [2.24, 2.45) is 0 Å². The Morgan fingerprint density at radius 2 is 1.73 bits per heavy atom. The van der Waals surface area contributed by atoms with E-state index in [1.54, 1.807) is 18.2 Å². The Labute approximate surface area is 189 Å². The number of nitrogens with one attached hydrogen (secondary N) is 1. The highest BCUT2D eigenvalue weighted by atomic mass is 19.1. The molecule has 0 bridgehead atoms. The SMILES string of the molecule is Cc1ccc(/C(O)=C2\C(=O)C(=O)N(c3nc4ccccc4[nH]3)C2c2ccc(F)cc2)cc1C. The molecule has 5 rings (SSSR count). The molecule has 0 spiro atoms. The molecule has 1 saturated heterocycles. The highest BCUT2D eigenvalue weighted by Gasteiger charge is 2.48. The molecule has 4 aromatic rings. The summed E-state index contributed by atoms with van der Waals surface area (Å²) in [6.07, 6.45) is 0. The van der Waals surface area contributed by atoms with Crippen LogP contribution in [-0.2, 0) is 9.59 Å². The molecule has 1 amide bonds. The third kappa shape index (κ3) is 3.38. The molecule has 0 aliphatic carbocycles. The summed E-state index contributed by atoms with van der Waals surface area (Å²) in [4.78, 5) is 35.2. The Bertz CT molecular complexity index is 1420. The van der Waals surface area contributed by atoms with Gasteiger partial charge in [-0.3, -0.25) is 14.5 Å². The topological polar surface area (TPSA) is 86.3 Å². The Hall–Kier alpha value is -4.26. The Balaban J connectivity index is 1.74. The van der Waals surface area contributed by atoms with Crippen LogP contribution >= 0.6 is 0 Å². The lowest BCUT2D eigenvalue weighted by Crippen LogP contribution is -2.30. The van der Waals surface area contributed by atoms with Crippen LogP contribution in [0.4, 0.5) is 10.3 Å². The van der Waals surface area contributed by atoms with Gasteiger partial charge in [-0.1, -0.05) is 36.4 Å². The van der Waals surface area contributed by atoms with Crippen LogP contribution in [0.15, 0.2) is 72.3 Å². The zero-order valence-electron chi connectivity index (χ0n) is 18.0. The molecule has 1 atom stereocenters. The molecule has 0 radical (unpaired) electrons. The fraction of sp³-hybridized carbons (Fsp3) is 0.115. The summed E-state index contributed by atoms with van der Waals surface area (Å²) < 4.78 is 13.7. The fourth-order valence-electron chi connectivity index (χ4n) is 4.11. The largest absolute Gasteiger partial charge is 0.507 e. The van der Waals surface area contributed by atoms with E-state index in [1.165, 1.54) is 29.2 Å². The van der Waals surface area contributed by atoms with Crippen LogP contribution in [0, 0.1) is 19.7 Å². The Morgan fingerprint density at radius 1 is 1.00 bits per heavy atom. The minimum atomic E-state index is -0.979. The van der Waals surface area contributed by atoms with E-state index in [9.17, 15) is 19.1 Å². The summed E-state index contributed by atoms with van der Waals surface area (Å²) in [5, 5.41) is 11.2. The van der Waals surface area contributed by atoms with E-state index >= 15 is 0 Å². The summed E-state index contributed by atoms with van der Waals surface area (Å²) >= 11 is 0. The number of ketones is 1. The molecule has 2 N–H and O–H groups in total. The standard InChI is InChI=1S/C26H20FN3O3/c1-14-7-8-17(13-15(14)2)23(31)21-22(16-9-11-18(27)12-10-16)30(25(33)24(21)32)26-28-19-5-3-4-6-20(19)29-26/h3-13,22,31H,1-2H3,(H,28,29)/b23-21+. The van der Waals surface area contributed by atoms with Gasteiger partial charge in [0.25, 0.3) is 5.78 Å². The highest BCUT2D eigenvalue weighted by Crippen LogP contribution is 2.41. The number of benzene rings is 3. The molecule has 0 saturated carbocycles. The number of aliphatic hydroxyl groups excluding tert-OH is 1. The van der Waals surface area contributed by atoms with Crippen molar-refractivity contribution in [1.29, 1.82) is 0 Å². The molecule has 2 heterocycles. The number of aromatic nitrogens is 2. The maximum absolute atomic E-state index is 13.7. The second-order valence-corrected chi connectivity index (χ2v) is 8.10. The number of anilines is 1. The summed E-state index contributed by atoms with van der Waals surface area (Å²) in [5.41, 5.74) is 4.11. The predicted molar refractivity (Wildman–Crippen MR) is 123 cm³/mol. The quantitative estimate of drug-likeness (QED) is 0.268. The van der Waals surface area contributed by atoms with Crippen molar-refractivity contribution in [1.82, 2.24) is 9.97 Å². The number of aryl methyl sites for hydroxylation is 2. The van der Waals surface area contributed by atoms with E-state index in [0.29, 0.717) is 22.2 Å². The van der Waals surface area contributed by atoms with Crippen LogP contribution in [0.3, 0.4) is 0 Å². The monoisotopic (exact) mass is 441 g/mol. The number of rotatable bonds is 3. The highest BCUT2D eigenvalue weighted by molar-refractivity contribution is 6.51. The number of aromatic amines is 1. The molecule has 7 heteroatoms. The summed E-state index contributed by atoms with van der Waals surface area (Å²) in [7, 11) is 0. The number of imidazole rings is 1. The van der Waals surface area contributed by atoms with E-state index in [-0.39, 0.29) is 17.3 Å². The second-order valence-electron chi connectivity index (χ2n) is 8.10. The summed E-state index contributed by atoms with van der Waals surface area (Å²) in [6.45, 7) is 3.84. The van der Waals surface area contributed by atoms with Crippen molar-refractivity contribution < 1.29 is 19.1 Å². The van der Waals surface area contributed by atoms with Gasteiger partial charge in [-0.05, 0) is 60.9 Å². The lowest BCUT2D eigenvalue weighted by Gasteiger charge is -2.23. The van der Waals surface area contributed by atoms with E-state index in [0.717, 1.165) is 11.1 Å². The molecule has 164 valence electrons. The number of Topliss-reactive ketones (excluding diaryl/α,β-unsaturated/α-hetero) is 1. The van der Waals surface area contributed by atoms with E-state index in [2.05, 4.69) is 9.97 Å². The van der Waals surface area contributed by atoms with Gasteiger partial charge in [0.1, 0.15) is 11.6 Å². The average molecular weight is 441 g/mol. The molecule has 1 aliphatic heterocycles. The second kappa shape index (κ2) is 7.70. The zero-order chi connectivity index (χ0) is 23.3. The van der Waals surface area contributed by atoms with E-state index < -0.39 is 23.5 Å². The third-order valence-corrected chi connectivity index (χ3v) is 6.02. The van der Waals surface area contributed by atoms with Gasteiger partial charge in [-0.2, -0.15) is 0 Å². The average Bonchev–Trinajstić information content (AvgIpc) is 3.34. The van der Waals surface area contributed by atoms with Gasteiger partial charge in [0.05, 0.1) is 22.6 Å². The maximum Gasteiger partial charge on any atom is 0.302 e. The number of carbonyl (C=O) groups excluding carboxylic acids is 2. The van der Waals surface area contributed by atoms with Gasteiger partial charge in [0.2, 0.25) is 5.95 Å². The van der Waals surface area contributed by atoms with Crippen molar-refractivity contribution in [3.8, 4) is 0 Å². The van der Waals surface area contributed by atoms with Crippen molar-refractivity contribution in [2.75, 3.05) is 4.90 Å². The Morgan fingerprint density at radius 3 is 2.42 bits per heavy atom. The fourth-order valence-corrected chi connectivity index (χ4v) is 4.11. The molecule has 6 nitrogen and oxygen atoms in total. The lowest BCUT2D eigenvalue weighted by molar-refractivity contribution is -0.132. The minimum Gasteiger partial charge on any atom is -0.507 e. The molecule has 1 aromatic heterocycles. The number of hydrogen-bond acceptors (Lipinski definition) is 4. The van der Waals surface area contributed by atoms with Crippen LogP contribution in [0.5, 0.6) is 0 Å². The predicted octanol–water partition coefficient (Wildman–Crippen LogP) is 4.95. The number of hydrogen-bond donors (Lipinski definition) is 2. The molecule has 3 aromatic carbocycles. The first-order chi connectivity index (χ1) is 15.8. The zero-order valence-corrected chi connectivity index (χ0v) is 18.0. The number of carbonyl (C=O) groups is 2. The van der Waals surface area contributed by atoms with Crippen LogP contribution in [-0.4, -0.2) is 26.8 Å². The van der Waals surface area contributed by atoms with Gasteiger partial charge in [-0.25, -0.2) is 9.37 Å². The van der Waals surface area contributed by atoms with Gasteiger partial charge < -0.3 is 10.1 Å². The van der Waals surface area contributed by atoms with Crippen LogP contribution in [0.2, 0.25) is 0 Å². The number of aliphatic hydroxyl groups is 1. The number of nitrogens with zero attached hydrogens (tertiary/aromatic N) is 2. The number of amides is 1. The van der Waals surface area contributed by atoms with Gasteiger partial charge in [-0.15, -0.1) is 0 Å². The van der Waals surface area contributed by atoms with Gasteiger partial charge in [0.15, 0.2) is 0 Å². The molecular weight excluding hydrogens is 421 g/mol. The van der Waals surface area contributed by atoms with Crippen molar-refractivity contribution in [3.63, 3.8) is 0 Å². The first-order valence-corrected chi connectivity index (χ1v) is 10.4. The summed E-state index contributed by atoms with van der Waals surface area (Å²) in [6, 6.07) is 17.1. The van der Waals surface area contributed by atoms with Crippen LogP contribution in [0.25, 0.3) is 16.8 Å². The Kier molecular flexibility index (Phi) is 4.82. The van der Waals surface area contributed by atoms with E-state index in [1.807, 2.05) is 38.1 Å². The lowest BCUT2D eigenvalue weighted by atomic mass is 9.94. The van der Waals surface area contributed by atoms with Crippen molar-refractivity contribution in [3.05, 3.63) is 100 Å². The first-order valence-electron chi connectivity index (χ1n) is 10.4. The van der Waals surface area contributed by atoms with Gasteiger partial charge >= 0.3 is 5.91 Å². The summed E-state index contributed by atoms with van der Waals surface area (Å²) in [5.74, 6) is -2.22. The van der Waals surface area contributed by atoms with Crippen molar-refractivity contribution >= 4 is 34.4 Å². The molecular formula is C26H20FN3O3.